The molecule has 0 aliphatic carbocycles. The summed E-state index contributed by atoms with van der Waals surface area (Å²) in [5.41, 5.74) is 6.45. The van der Waals surface area contributed by atoms with Gasteiger partial charge in [-0.3, -0.25) is 48.1 Å². The van der Waals surface area contributed by atoms with Gasteiger partial charge in [-0.2, -0.15) is 0 Å². The van der Waals surface area contributed by atoms with Gasteiger partial charge >= 0.3 is 6.03 Å². The van der Waals surface area contributed by atoms with Crippen LogP contribution in [-0.2, 0) is 59.2 Å². The topological polar surface area (TPSA) is 300 Å². The Kier molecular flexibility index (Phi) is 32.9. The number of amides is 9. The predicted octanol–water partition coefficient (Wildman–Crippen LogP) is 5.28. The number of rotatable bonds is 38. The number of piperidine rings is 1. The first kappa shape index (κ1) is 77.2. The van der Waals surface area contributed by atoms with E-state index in [4.69, 9.17) is 15.2 Å². The molecule has 0 aromatic heterocycles. The molecule has 13 atom stereocenters. The van der Waals surface area contributed by atoms with Crippen molar-refractivity contribution in [3.63, 3.8) is 0 Å². The number of nitrogens with one attached hydrogen (secondary N) is 6. The highest BCUT2D eigenvalue weighted by Gasteiger charge is 2.44. The molecule has 8 N–H and O–H groups in total. The molecule has 1 aromatic rings. The van der Waals surface area contributed by atoms with Crippen molar-refractivity contribution in [2.45, 2.75) is 208 Å². The molecule has 2 fully saturated rings. The molecular weight excluding hydrogens is 1140 g/mol. The standard InChI is InChI=1S/C66H113N11O12/c1-18-42(8)59(75(15)65(86)57(40(4)5)73-64(85)58(41(6)7)74(13)14)53(88-16)37-55(81)77-32-20-23-50(77)60(89-17)45(11)51(78)34-43(9)61(82)70-38-46-25-27-49(28-26-46)71-63(84)47(22-19-30-69-66(67)87)36-52(79)56(39(2)3)72-54(80)24-21-31-76-33-29-48(35-44(76)10)62(83)68-12/h25-28,39-45,47-48,50,53,56-60H,18-24,29-38H2,1-17H3,(H,68,83)(H,70,82)(H,71,84)(H,72,80)(H,73,85)(H3,67,69,87)/t42-,43+,44?,45-,47+,48?,50-,53+,56-,57-,58-,59-,60+/m0/s1. The number of likely N-dealkylation sites (N-methyl/N-ethyl adjacent to an activating group) is 2. The zero-order valence-electron chi connectivity index (χ0n) is 56.8. The van der Waals surface area contributed by atoms with Crippen molar-refractivity contribution in [1.29, 1.82) is 0 Å². The summed E-state index contributed by atoms with van der Waals surface area (Å²) >= 11 is 0. The van der Waals surface area contributed by atoms with E-state index in [2.05, 4.69) is 43.7 Å². The molecule has 2 heterocycles. The van der Waals surface area contributed by atoms with Crippen molar-refractivity contribution in [3.05, 3.63) is 29.8 Å². The number of Topliss-reactive ketones (excluding diaryl/α,β-unsaturated/α-hetero) is 2. The first-order chi connectivity index (χ1) is 41.9. The maximum atomic E-state index is 14.5. The number of likely N-dealkylation sites (tertiary alicyclic amines) is 2. The van der Waals surface area contributed by atoms with Gasteiger partial charge in [0, 0.05) is 103 Å². The number of carbonyl (C=O) groups excluding carboxylic acids is 10. The highest BCUT2D eigenvalue weighted by molar-refractivity contribution is 5.97. The van der Waals surface area contributed by atoms with Gasteiger partial charge in [0.2, 0.25) is 41.4 Å². The second-order valence-corrected chi connectivity index (χ2v) is 26.4. The third kappa shape index (κ3) is 23.6. The molecular formula is C66H113N11O12. The lowest BCUT2D eigenvalue weighted by atomic mass is 9.87. The van der Waals surface area contributed by atoms with Gasteiger partial charge in [0.1, 0.15) is 11.8 Å². The summed E-state index contributed by atoms with van der Waals surface area (Å²) < 4.78 is 12.1. The van der Waals surface area contributed by atoms with Crippen LogP contribution >= 0.6 is 0 Å². The molecule has 89 heavy (non-hydrogen) atoms. The van der Waals surface area contributed by atoms with Crippen molar-refractivity contribution >= 4 is 64.6 Å². The number of ether oxygens (including phenoxy) is 2. The molecule has 9 amide bonds. The number of primary amides is 1. The number of urea groups is 1. The minimum Gasteiger partial charge on any atom is -0.379 e. The van der Waals surface area contributed by atoms with Crippen LogP contribution in [0.3, 0.4) is 0 Å². The lowest BCUT2D eigenvalue weighted by Crippen LogP contribution is -2.59. The molecule has 504 valence electrons. The van der Waals surface area contributed by atoms with Crippen LogP contribution in [0.15, 0.2) is 24.3 Å². The van der Waals surface area contributed by atoms with Crippen LogP contribution < -0.4 is 37.6 Å². The number of hydrogen-bond donors (Lipinski definition) is 7. The number of carbonyl (C=O) groups is 10. The van der Waals surface area contributed by atoms with Crippen LogP contribution in [0.5, 0.6) is 0 Å². The summed E-state index contributed by atoms with van der Waals surface area (Å²) in [6, 6.07) is 3.36. The maximum Gasteiger partial charge on any atom is 0.312 e. The molecule has 23 nitrogen and oxygen atoms in total. The highest BCUT2D eigenvalue weighted by atomic mass is 16.5. The zero-order valence-corrected chi connectivity index (χ0v) is 56.8. The van der Waals surface area contributed by atoms with E-state index in [-0.39, 0.29) is 128 Å². The Bertz CT molecular complexity index is 2470. The van der Waals surface area contributed by atoms with Gasteiger partial charge in [-0.05, 0) is 120 Å². The summed E-state index contributed by atoms with van der Waals surface area (Å²) in [5.74, 6) is -4.85. The Morgan fingerprint density at radius 1 is 0.742 bits per heavy atom. The minimum atomic E-state index is -0.825. The normalized spacial score (nSPS) is 19.7. The van der Waals surface area contributed by atoms with Gasteiger partial charge in [-0.1, -0.05) is 87.8 Å². The first-order valence-corrected chi connectivity index (χ1v) is 32.5. The molecule has 3 rings (SSSR count). The van der Waals surface area contributed by atoms with E-state index in [9.17, 15) is 47.9 Å². The maximum absolute atomic E-state index is 14.5. The fraction of sp³-hybridized carbons (Fsp3) is 0.758. The van der Waals surface area contributed by atoms with Crippen LogP contribution in [-0.4, -0.2) is 196 Å². The predicted molar refractivity (Wildman–Crippen MR) is 345 cm³/mol. The Labute approximate surface area is 531 Å². The smallest absolute Gasteiger partial charge is 0.312 e. The summed E-state index contributed by atoms with van der Waals surface area (Å²) in [4.78, 5) is 142. The van der Waals surface area contributed by atoms with Gasteiger partial charge in [0.25, 0.3) is 0 Å². The Morgan fingerprint density at radius 2 is 1.39 bits per heavy atom. The van der Waals surface area contributed by atoms with Crippen LogP contribution in [0.25, 0.3) is 0 Å². The summed E-state index contributed by atoms with van der Waals surface area (Å²) in [7, 11) is 10.1. The third-order valence-corrected chi connectivity index (χ3v) is 18.3. The van der Waals surface area contributed by atoms with Crippen molar-refractivity contribution < 1.29 is 57.4 Å². The average molecular weight is 1250 g/mol. The van der Waals surface area contributed by atoms with E-state index < -0.39 is 72.1 Å². The van der Waals surface area contributed by atoms with E-state index in [1.165, 1.54) is 14.2 Å². The number of nitrogens with zero attached hydrogens (tertiary/aromatic N) is 4. The largest absolute Gasteiger partial charge is 0.379 e. The van der Waals surface area contributed by atoms with Gasteiger partial charge in [0.05, 0.1) is 42.8 Å². The fourth-order valence-electron chi connectivity index (χ4n) is 12.9. The van der Waals surface area contributed by atoms with Crippen LogP contribution in [0, 0.1) is 47.3 Å². The van der Waals surface area contributed by atoms with Crippen LogP contribution in [0.1, 0.15) is 159 Å². The van der Waals surface area contributed by atoms with E-state index in [1.54, 1.807) is 62.0 Å². The number of ketones is 2. The highest BCUT2D eigenvalue weighted by Crippen LogP contribution is 2.31. The molecule has 0 saturated carbocycles. The fourth-order valence-corrected chi connectivity index (χ4v) is 12.9. The number of benzene rings is 1. The first-order valence-electron chi connectivity index (χ1n) is 32.5. The van der Waals surface area contributed by atoms with Crippen molar-refractivity contribution in [3.8, 4) is 0 Å². The third-order valence-electron chi connectivity index (χ3n) is 18.3. The quantitative estimate of drug-likeness (QED) is 0.0415. The molecule has 2 aliphatic rings. The van der Waals surface area contributed by atoms with E-state index in [0.29, 0.717) is 50.9 Å². The van der Waals surface area contributed by atoms with Gasteiger partial charge in [-0.25, -0.2) is 4.79 Å². The van der Waals surface area contributed by atoms with E-state index in [0.717, 1.165) is 24.9 Å². The van der Waals surface area contributed by atoms with Gasteiger partial charge < -0.3 is 61.8 Å². The van der Waals surface area contributed by atoms with Crippen LogP contribution in [0.2, 0.25) is 0 Å². The number of anilines is 1. The monoisotopic (exact) mass is 1250 g/mol. The number of nitrogens with two attached hydrogens (primary N) is 1. The number of hydrogen-bond acceptors (Lipinski definition) is 14. The summed E-state index contributed by atoms with van der Waals surface area (Å²) in [5, 5.41) is 17.0. The lowest BCUT2D eigenvalue weighted by molar-refractivity contribution is -0.148. The Morgan fingerprint density at radius 3 is 1.94 bits per heavy atom. The average Bonchev–Trinajstić information content (AvgIpc) is 2.05. The zero-order chi connectivity index (χ0) is 67.0. The molecule has 2 unspecified atom stereocenters. The molecule has 2 aliphatic heterocycles. The van der Waals surface area contributed by atoms with E-state index in [1.807, 2.05) is 74.4 Å². The molecule has 1 aromatic carbocycles. The number of methoxy groups -OCH3 is 2. The summed E-state index contributed by atoms with van der Waals surface area (Å²) in [6.45, 7) is 23.2. The van der Waals surface area contributed by atoms with Gasteiger partial charge in [0.15, 0.2) is 5.78 Å². The molecule has 0 radical (unpaired) electrons. The van der Waals surface area contributed by atoms with Crippen LogP contribution in [0.4, 0.5) is 10.5 Å². The van der Waals surface area contributed by atoms with Crippen molar-refractivity contribution in [2.24, 2.45) is 53.1 Å². The van der Waals surface area contributed by atoms with E-state index >= 15 is 0 Å². The van der Waals surface area contributed by atoms with Gasteiger partial charge in [-0.15, -0.1) is 0 Å². The second-order valence-electron chi connectivity index (χ2n) is 26.4. The lowest BCUT2D eigenvalue weighted by Gasteiger charge is -2.41. The molecule has 2 saturated heterocycles. The molecule has 0 bridgehead atoms. The minimum absolute atomic E-state index is 0.00885. The SMILES string of the molecule is CC[C@H](C)[C@@H]([C@@H](CC(=O)N1CCC[C@H]1[C@H](OC)[C@@H](C)C(=O)C[C@@H](C)C(=O)NCc1ccc(NC(=O)[C@H](CCCNC(N)=O)CC(=O)[C@@H](NC(=O)CCCN2CCC(C(=O)NC)CC2C)C(C)C)cc1)OC)N(C)C(=O)[C@@H](NC(=O)[C@H](C(C)C)N(C)C)C(C)C. The molecule has 23 heteroatoms. The van der Waals surface area contributed by atoms with Crippen molar-refractivity contribution in [1.82, 2.24) is 46.2 Å². The van der Waals surface area contributed by atoms with Crippen molar-refractivity contribution in [2.75, 3.05) is 73.9 Å². The Hall–Kier alpha value is -6.04. The summed E-state index contributed by atoms with van der Waals surface area (Å²) in [6.07, 6.45) is 3.31. The molecule has 0 spiro atoms. The second kappa shape index (κ2) is 38.0. The Balaban J connectivity index is 1.62.